The lowest BCUT2D eigenvalue weighted by atomic mass is 9.99. The molecule has 4 aromatic rings. The van der Waals surface area contributed by atoms with Crippen molar-refractivity contribution in [3.63, 3.8) is 0 Å². The van der Waals surface area contributed by atoms with E-state index in [1.54, 1.807) is 91.0 Å². The van der Waals surface area contributed by atoms with Gasteiger partial charge in [-0.1, -0.05) is 84.9 Å². The van der Waals surface area contributed by atoms with Crippen LogP contribution in [0.4, 0.5) is 0 Å². The molecule has 0 saturated carbocycles. The number of carbonyl (C=O) groups excluding carboxylic acids is 4. The minimum atomic E-state index is -0.708. The molecule has 0 aromatic heterocycles. The summed E-state index contributed by atoms with van der Waals surface area (Å²) in [5, 5.41) is 8.55. The normalized spacial score (nSPS) is 9.90. The van der Waals surface area contributed by atoms with Crippen LogP contribution >= 0.6 is 0 Å². The quantitative estimate of drug-likeness (QED) is 0.212. The van der Waals surface area contributed by atoms with Crippen molar-refractivity contribution in [3.05, 3.63) is 144 Å². The zero-order valence-electron chi connectivity index (χ0n) is 23.2. The van der Waals surface area contributed by atoms with Gasteiger partial charge in [0.1, 0.15) is 5.60 Å². The highest BCUT2D eigenvalue weighted by molar-refractivity contribution is 5.92. The Hall–Kier alpha value is -5.32. The molecule has 10 nitrogen and oxygen atoms in total. The van der Waals surface area contributed by atoms with Crippen molar-refractivity contribution in [2.75, 3.05) is 0 Å². The van der Waals surface area contributed by atoms with Crippen LogP contribution in [0.3, 0.4) is 0 Å². The third kappa shape index (κ3) is 11.8. The van der Waals surface area contributed by atoms with Crippen molar-refractivity contribution < 1.29 is 48.9 Å². The number of benzene rings is 4. The zero-order chi connectivity index (χ0) is 30.8. The van der Waals surface area contributed by atoms with Crippen LogP contribution in [0.1, 0.15) is 57.4 Å². The molecule has 0 amide bonds. The molecule has 0 fully saturated rings. The van der Waals surface area contributed by atoms with Crippen LogP contribution in [0, 0.1) is 0 Å². The summed E-state index contributed by atoms with van der Waals surface area (Å²) in [6.45, 7) is 4.77. The highest BCUT2D eigenvalue weighted by atomic mass is 17.2. The number of rotatable bonds is 5. The Morgan fingerprint density at radius 1 is 0.500 bits per heavy atom. The van der Waals surface area contributed by atoms with E-state index in [1.165, 1.54) is 0 Å². The predicted octanol–water partition coefficient (Wildman–Crippen LogP) is 6.35. The van der Waals surface area contributed by atoms with E-state index in [0.717, 1.165) is 12.5 Å². The first-order valence-corrected chi connectivity index (χ1v) is 12.5. The Morgan fingerprint density at radius 2 is 0.786 bits per heavy atom. The summed E-state index contributed by atoms with van der Waals surface area (Å²) in [6, 6.07) is 34.4. The molecule has 0 aliphatic carbocycles. The first kappa shape index (κ1) is 32.9. The molecule has 10 heteroatoms. The van der Waals surface area contributed by atoms with E-state index in [4.69, 9.17) is 5.26 Å². The van der Waals surface area contributed by atoms with Crippen LogP contribution in [0.25, 0.3) is 0 Å². The third-order valence-electron chi connectivity index (χ3n) is 5.15. The van der Waals surface area contributed by atoms with E-state index in [0.29, 0.717) is 16.7 Å². The first-order chi connectivity index (χ1) is 20.1. The fraction of sp³-hybridized carbons (Fsp3) is 0.125. The highest BCUT2D eigenvalue weighted by Gasteiger charge is 2.20. The molecule has 0 saturated heterocycles. The Kier molecular flexibility index (Phi) is 13.6. The largest absolute Gasteiger partial charge is 0.386 e. The summed E-state index contributed by atoms with van der Waals surface area (Å²) < 4.78 is 0. The van der Waals surface area contributed by atoms with Crippen molar-refractivity contribution in [2.45, 2.75) is 26.4 Å². The van der Waals surface area contributed by atoms with E-state index < -0.39 is 29.5 Å². The molecule has 0 unspecified atom stereocenters. The molecule has 42 heavy (non-hydrogen) atoms. The van der Waals surface area contributed by atoms with Crippen LogP contribution in [0.5, 0.6) is 0 Å². The van der Waals surface area contributed by atoms with Crippen LogP contribution in [-0.2, 0) is 34.8 Å². The smallest absolute Gasteiger partial charge is 0.251 e. The van der Waals surface area contributed by atoms with Gasteiger partial charge < -0.3 is 0 Å². The maximum absolute atomic E-state index is 11.5. The summed E-state index contributed by atoms with van der Waals surface area (Å²) in [6.07, 6.45) is 0. The zero-order valence-corrected chi connectivity index (χ0v) is 23.2. The molecule has 4 rings (SSSR count). The Bertz CT molecular complexity index is 1340. The minimum absolute atomic E-state index is 0.318. The van der Waals surface area contributed by atoms with Crippen molar-refractivity contribution in [1.29, 1.82) is 0 Å². The molecule has 4 aromatic carbocycles. The number of hydrogen-bond acceptors (Lipinski definition) is 10. The lowest BCUT2D eigenvalue weighted by Crippen LogP contribution is -2.19. The molecule has 0 radical (unpaired) electrons. The van der Waals surface area contributed by atoms with Gasteiger partial charge in [0.25, 0.3) is 0 Å². The maximum Gasteiger partial charge on any atom is 0.386 e. The second-order valence-corrected chi connectivity index (χ2v) is 8.75. The SMILES string of the molecule is CC(=O)OOC(=O)c1ccccc1.CC(C)(OO)c1ccccc1.O=C(OOC(=O)c1ccccc1)c1ccccc1. The van der Waals surface area contributed by atoms with Gasteiger partial charge in [-0.05, 0) is 55.8 Å². The Balaban J connectivity index is 0.000000229. The average molecular weight is 575 g/mol. The first-order valence-electron chi connectivity index (χ1n) is 12.5. The molecule has 0 aliphatic heterocycles. The molecule has 0 aliphatic rings. The van der Waals surface area contributed by atoms with Gasteiger partial charge in [0.05, 0.1) is 16.7 Å². The number of hydrogen-bond donors (Lipinski definition) is 1. The van der Waals surface area contributed by atoms with Gasteiger partial charge in [-0.2, -0.15) is 0 Å². The number of carbonyl (C=O) groups is 4. The van der Waals surface area contributed by atoms with Crippen LogP contribution in [-0.4, -0.2) is 29.1 Å². The van der Waals surface area contributed by atoms with Crippen molar-refractivity contribution in [1.82, 2.24) is 0 Å². The van der Waals surface area contributed by atoms with Crippen molar-refractivity contribution in [2.24, 2.45) is 0 Å². The van der Waals surface area contributed by atoms with Crippen LogP contribution < -0.4 is 0 Å². The van der Waals surface area contributed by atoms with E-state index in [2.05, 4.69) is 24.4 Å². The van der Waals surface area contributed by atoms with Crippen LogP contribution in [0.15, 0.2) is 121 Å². The van der Waals surface area contributed by atoms with Crippen molar-refractivity contribution >= 4 is 23.9 Å². The van der Waals surface area contributed by atoms with Gasteiger partial charge in [-0.25, -0.2) is 43.6 Å². The fourth-order valence-corrected chi connectivity index (χ4v) is 2.93. The summed E-state index contributed by atoms with van der Waals surface area (Å²) in [7, 11) is 0. The lowest BCUT2D eigenvalue weighted by Gasteiger charge is -2.20. The molecule has 0 bridgehead atoms. The van der Waals surface area contributed by atoms with E-state index in [9.17, 15) is 19.2 Å². The molecular weight excluding hydrogens is 544 g/mol. The third-order valence-corrected chi connectivity index (χ3v) is 5.15. The second-order valence-electron chi connectivity index (χ2n) is 8.75. The lowest BCUT2D eigenvalue weighted by molar-refractivity contribution is -0.318. The van der Waals surface area contributed by atoms with Gasteiger partial charge in [0.2, 0.25) is 0 Å². The molecule has 0 heterocycles. The minimum Gasteiger partial charge on any atom is -0.251 e. The summed E-state index contributed by atoms with van der Waals surface area (Å²) >= 11 is 0. The van der Waals surface area contributed by atoms with Gasteiger partial charge in [0.15, 0.2) is 0 Å². The van der Waals surface area contributed by atoms with Gasteiger partial charge in [-0.15, -0.1) is 0 Å². The maximum atomic E-state index is 11.5. The standard InChI is InChI=1S/C14H10O4.C9H8O4.C9H12O2/c15-13(11-7-3-1-4-8-11)17-18-14(16)12-9-5-2-6-10-12;1-7(10)12-13-9(11)8-5-3-2-4-6-8;1-9(2,11-10)8-6-4-3-5-7-8/h1-10H;2-6H,1H3;3-7,10H,1-2H3. The Labute approximate surface area is 242 Å². The van der Waals surface area contributed by atoms with E-state index >= 15 is 0 Å². The molecular formula is C32H30O10. The topological polar surface area (TPSA) is 135 Å². The van der Waals surface area contributed by atoms with Gasteiger partial charge >= 0.3 is 23.9 Å². The van der Waals surface area contributed by atoms with Gasteiger partial charge in [-0.3, -0.25) is 5.26 Å². The Morgan fingerprint density at radius 3 is 1.07 bits per heavy atom. The monoisotopic (exact) mass is 574 g/mol. The molecule has 0 spiro atoms. The summed E-state index contributed by atoms with van der Waals surface area (Å²) in [5.41, 5.74) is 1.32. The van der Waals surface area contributed by atoms with E-state index in [1.807, 2.05) is 44.2 Å². The summed E-state index contributed by atoms with van der Waals surface area (Å²) in [5.74, 6) is -2.76. The molecule has 1 N–H and O–H groups in total. The molecule has 218 valence electrons. The van der Waals surface area contributed by atoms with E-state index in [-0.39, 0.29) is 0 Å². The van der Waals surface area contributed by atoms with Gasteiger partial charge in [0, 0.05) is 6.92 Å². The van der Waals surface area contributed by atoms with Crippen molar-refractivity contribution in [3.8, 4) is 0 Å². The molecule has 0 atom stereocenters. The summed E-state index contributed by atoms with van der Waals surface area (Å²) in [4.78, 5) is 65.8. The highest BCUT2D eigenvalue weighted by Crippen LogP contribution is 2.22. The fourth-order valence-electron chi connectivity index (χ4n) is 2.93. The van der Waals surface area contributed by atoms with Crippen LogP contribution in [0.2, 0.25) is 0 Å². The predicted molar refractivity (Wildman–Crippen MR) is 151 cm³/mol. The average Bonchev–Trinajstić information content (AvgIpc) is 3.04. The second kappa shape index (κ2) is 17.4.